The van der Waals surface area contributed by atoms with Crippen molar-refractivity contribution in [2.45, 2.75) is 40.2 Å². The van der Waals surface area contributed by atoms with Gasteiger partial charge in [0.25, 0.3) is 0 Å². The van der Waals surface area contributed by atoms with Crippen LogP contribution >= 0.6 is 0 Å². The van der Waals surface area contributed by atoms with E-state index in [1.54, 1.807) is 13.3 Å². The third-order valence-electron chi connectivity index (χ3n) is 2.79. The van der Waals surface area contributed by atoms with Crippen LogP contribution < -0.4 is 10.6 Å². The lowest BCUT2D eigenvalue weighted by atomic mass is 10.0. The zero-order valence-corrected chi connectivity index (χ0v) is 12.3. The predicted octanol–water partition coefficient (Wildman–Crippen LogP) is 2.34. The van der Waals surface area contributed by atoms with Gasteiger partial charge in [-0.1, -0.05) is 19.0 Å². The number of rotatable bonds is 6. The SMILES string of the molecule is CCNc1ncnc(NCc2noc(C)n2)c1C(C)C. The summed E-state index contributed by atoms with van der Waals surface area (Å²) in [6.07, 6.45) is 1.55. The fraction of sp³-hybridized carbons (Fsp3) is 0.538. The quantitative estimate of drug-likeness (QED) is 0.837. The number of aryl methyl sites for hydroxylation is 1. The summed E-state index contributed by atoms with van der Waals surface area (Å²) in [5, 5.41) is 10.4. The minimum absolute atomic E-state index is 0.305. The first-order valence-corrected chi connectivity index (χ1v) is 6.73. The Hall–Kier alpha value is -2.18. The van der Waals surface area contributed by atoms with Gasteiger partial charge in [0.05, 0.1) is 6.54 Å². The molecule has 2 rings (SSSR count). The van der Waals surface area contributed by atoms with Crippen molar-refractivity contribution in [3.05, 3.63) is 23.6 Å². The first-order chi connectivity index (χ1) is 9.61. The third kappa shape index (κ3) is 3.23. The molecule has 2 aromatic rings. The molecule has 0 aliphatic carbocycles. The molecule has 0 radical (unpaired) electrons. The molecule has 20 heavy (non-hydrogen) atoms. The highest BCUT2D eigenvalue weighted by Gasteiger charge is 2.15. The van der Waals surface area contributed by atoms with E-state index < -0.39 is 0 Å². The maximum absolute atomic E-state index is 4.95. The van der Waals surface area contributed by atoms with Gasteiger partial charge >= 0.3 is 0 Å². The molecule has 0 saturated carbocycles. The summed E-state index contributed by atoms with van der Waals surface area (Å²) in [6, 6.07) is 0. The number of nitrogens with zero attached hydrogens (tertiary/aromatic N) is 4. The highest BCUT2D eigenvalue weighted by molar-refractivity contribution is 5.58. The average Bonchev–Trinajstić information content (AvgIpc) is 2.82. The summed E-state index contributed by atoms with van der Waals surface area (Å²) in [5.41, 5.74) is 1.06. The summed E-state index contributed by atoms with van der Waals surface area (Å²) in [5.74, 6) is 3.14. The van der Waals surface area contributed by atoms with Crippen LogP contribution in [0.2, 0.25) is 0 Å². The van der Waals surface area contributed by atoms with Crippen molar-refractivity contribution < 1.29 is 4.52 Å². The van der Waals surface area contributed by atoms with E-state index in [4.69, 9.17) is 4.52 Å². The molecule has 0 fully saturated rings. The molecule has 2 heterocycles. The lowest BCUT2D eigenvalue weighted by molar-refractivity contribution is 0.388. The van der Waals surface area contributed by atoms with Crippen molar-refractivity contribution >= 4 is 11.6 Å². The van der Waals surface area contributed by atoms with Crippen molar-refractivity contribution in [1.82, 2.24) is 20.1 Å². The van der Waals surface area contributed by atoms with Gasteiger partial charge in [-0.2, -0.15) is 4.98 Å². The van der Waals surface area contributed by atoms with Crippen LogP contribution in [0.1, 0.15) is 44.0 Å². The first kappa shape index (κ1) is 14.2. The molecular weight excluding hydrogens is 256 g/mol. The minimum atomic E-state index is 0.305. The number of hydrogen-bond acceptors (Lipinski definition) is 7. The predicted molar refractivity (Wildman–Crippen MR) is 76.6 cm³/mol. The zero-order chi connectivity index (χ0) is 14.5. The van der Waals surface area contributed by atoms with Gasteiger partial charge in [-0.3, -0.25) is 0 Å². The molecule has 2 aromatic heterocycles. The number of anilines is 2. The number of aromatic nitrogens is 4. The maximum Gasteiger partial charge on any atom is 0.223 e. The molecule has 7 nitrogen and oxygen atoms in total. The molecule has 0 atom stereocenters. The Morgan fingerprint density at radius 3 is 2.45 bits per heavy atom. The summed E-state index contributed by atoms with van der Waals surface area (Å²) in [7, 11) is 0. The van der Waals surface area contributed by atoms with Gasteiger partial charge in [0, 0.05) is 19.0 Å². The summed E-state index contributed by atoms with van der Waals surface area (Å²) < 4.78 is 4.95. The third-order valence-corrected chi connectivity index (χ3v) is 2.79. The van der Waals surface area contributed by atoms with Gasteiger partial charge in [-0.15, -0.1) is 0 Å². The van der Waals surface area contributed by atoms with Crippen molar-refractivity contribution in [3.63, 3.8) is 0 Å². The Labute approximate surface area is 118 Å². The molecular formula is C13H20N6O. The lowest BCUT2D eigenvalue weighted by Crippen LogP contribution is -2.11. The Morgan fingerprint density at radius 2 is 1.90 bits per heavy atom. The van der Waals surface area contributed by atoms with Crippen LogP contribution in [0.25, 0.3) is 0 Å². The van der Waals surface area contributed by atoms with E-state index in [1.165, 1.54) is 0 Å². The van der Waals surface area contributed by atoms with Gasteiger partial charge in [-0.05, 0) is 12.8 Å². The molecule has 0 amide bonds. The second kappa shape index (κ2) is 6.31. The second-order valence-corrected chi connectivity index (χ2v) is 4.75. The number of hydrogen-bond donors (Lipinski definition) is 2. The van der Waals surface area contributed by atoms with Crippen LogP contribution in [0.5, 0.6) is 0 Å². The molecule has 0 aromatic carbocycles. The van der Waals surface area contributed by atoms with Crippen LogP contribution in [0, 0.1) is 6.92 Å². The van der Waals surface area contributed by atoms with Crippen LogP contribution in [0.4, 0.5) is 11.6 Å². The molecule has 0 aliphatic heterocycles. The van der Waals surface area contributed by atoms with E-state index in [9.17, 15) is 0 Å². The van der Waals surface area contributed by atoms with Crippen LogP contribution in [-0.4, -0.2) is 26.7 Å². The number of nitrogens with one attached hydrogen (secondary N) is 2. The summed E-state index contributed by atoms with van der Waals surface area (Å²) in [6.45, 7) is 9.33. The van der Waals surface area contributed by atoms with Gasteiger partial charge in [0.15, 0.2) is 5.82 Å². The summed E-state index contributed by atoms with van der Waals surface area (Å²) in [4.78, 5) is 12.8. The Morgan fingerprint density at radius 1 is 1.20 bits per heavy atom. The van der Waals surface area contributed by atoms with Gasteiger partial charge in [-0.25, -0.2) is 9.97 Å². The maximum atomic E-state index is 4.95. The van der Waals surface area contributed by atoms with Crippen molar-refractivity contribution in [1.29, 1.82) is 0 Å². The highest BCUT2D eigenvalue weighted by atomic mass is 16.5. The van der Waals surface area contributed by atoms with E-state index in [-0.39, 0.29) is 0 Å². The van der Waals surface area contributed by atoms with E-state index in [2.05, 4.69) is 44.6 Å². The normalized spacial score (nSPS) is 10.8. The van der Waals surface area contributed by atoms with Crippen molar-refractivity contribution in [3.8, 4) is 0 Å². The summed E-state index contributed by atoms with van der Waals surface area (Å²) >= 11 is 0. The van der Waals surface area contributed by atoms with Crippen LogP contribution in [0.3, 0.4) is 0 Å². The Balaban J connectivity index is 2.19. The molecule has 2 N–H and O–H groups in total. The molecule has 7 heteroatoms. The second-order valence-electron chi connectivity index (χ2n) is 4.75. The van der Waals surface area contributed by atoms with Crippen molar-refractivity contribution in [2.75, 3.05) is 17.2 Å². The molecule has 0 saturated heterocycles. The van der Waals surface area contributed by atoms with E-state index in [1.807, 2.05) is 6.92 Å². The van der Waals surface area contributed by atoms with E-state index in [0.717, 1.165) is 23.7 Å². The lowest BCUT2D eigenvalue weighted by Gasteiger charge is -2.16. The largest absolute Gasteiger partial charge is 0.370 e. The average molecular weight is 276 g/mol. The monoisotopic (exact) mass is 276 g/mol. The molecule has 0 unspecified atom stereocenters. The topological polar surface area (TPSA) is 88.8 Å². The molecule has 0 bridgehead atoms. The van der Waals surface area contributed by atoms with Crippen molar-refractivity contribution in [2.24, 2.45) is 0 Å². The fourth-order valence-electron chi connectivity index (χ4n) is 1.97. The molecule has 108 valence electrons. The molecule has 0 spiro atoms. The first-order valence-electron chi connectivity index (χ1n) is 6.73. The van der Waals surface area contributed by atoms with Crippen LogP contribution in [0.15, 0.2) is 10.9 Å². The smallest absolute Gasteiger partial charge is 0.223 e. The standard InChI is InChI=1S/C13H20N6O/c1-5-14-12-11(8(2)3)13(17-7-16-12)15-6-10-18-9(4)20-19-10/h7-8H,5-6H2,1-4H3,(H2,14,15,16,17). The highest BCUT2D eigenvalue weighted by Crippen LogP contribution is 2.28. The van der Waals surface area contributed by atoms with Gasteiger partial charge in [0.2, 0.25) is 5.89 Å². The fourth-order valence-corrected chi connectivity index (χ4v) is 1.97. The van der Waals surface area contributed by atoms with Gasteiger partial charge in [0.1, 0.15) is 18.0 Å². The van der Waals surface area contributed by atoms with Gasteiger partial charge < -0.3 is 15.2 Å². The zero-order valence-electron chi connectivity index (χ0n) is 12.3. The Kier molecular flexibility index (Phi) is 4.49. The Bertz CT molecular complexity index is 566. The minimum Gasteiger partial charge on any atom is -0.370 e. The van der Waals surface area contributed by atoms with E-state index >= 15 is 0 Å². The van der Waals surface area contributed by atoms with Crippen LogP contribution in [-0.2, 0) is 6.54 Å². The van der Waals surface area contributed by atoms with E-state index in [0.29, 0.717) is 24.2 Å². The molecule has 0 aliphatic rings.